The summed E-state index contributed by atoms with van der Waals surface area (Å²) in [5.74, 6) is 0.872. The summed E-state index contributed by atoms with van der Waals surface area (Å²) in [5.41, 5.74) is 6.40. The van der Waals surface area contributed by atoms with Crippen molar-refractivity contribution in [3.63, 3.8) is 0 Å². The van der Waals surface area contributed by atoms with Crippen molar-refractivity contribution in [1.82, 2.24) is 5.32 Å². The van der Waals surface area contributed by atoms with Gasteiger partial charge < -0.3 is 11.1 Å². The van der Waals surface area contributed by atoms with Crippen LogP contribution in [0.15, 0.2) is 0 Å². The predicted octanol–water partition coefficient (Wildman–Crippen LogP) is 3.70. The average Bonchev–Trinajstić information content (AvgIpc) is 2.32. The van der Waals surface area contributed by atoms with Crippen molar-refractivity contribution < 1.29 is 0 Å². The van der Waals surface area contributed by atoms with Crippen LogP contribution in [-0.2, 0) is 0 Å². The van der Waals surface area contributed by atoms with E-state index in [1.54, 1.807) is 0 Å². The van der Waals surface area contributed by atoms with Crippen molar-refractivity contribution in [1.29, 1.82) is 0 Å². The number of rotatable bonds is 8. The van der Waals surface area contributed by atoms with Gasteiger partial charge in [0, 0.05) is 12.6 Å². The molecule has 1 rings (SSSR count). The smallest absolute Gasteiger partial charge is 0.00390 e. The molecule has 18 heavy (non-hydrogen) atoms. The standard InChI is InChI=1S/C16H34N2/c1-4-5-6-11-16(2,3)13-18-12-14-7-9-15(17)10-8-14/h14-15,18H,4-13,17H2,1-3H3. The Morgan fingerprint density at radius 3 is 2.39 bits per heavy atom. The largest absolute Gasteiger partial charge is 0.328 e. The summed E-state index contributed by atoms with van der Waals surface area (Å²) >= 11 is 0. The molecule has 0 heterocycles. The van der Waals surface area contributed by atoms with E-state index in [0.29, 0.717) is 11.5 Å². The Morgan fingerprint density at radius 1 is 1.11 bits per heavy atom. The molecule has 0 bridgehead atoms. The lowest BCUT2D eigenvalue weighted by molar-refractivity contribution is 0.269. The molecule has 0 spiro atoms. The van der Waals surface area contributed by atoms with E-state index in [-0.39, 0.29) is 0 Å². The molecule has 2 heteroatoms. The molecule has 0 saturated heterocycles. The summed E-state index contributed by atoms with van der Waals surface area (Å²) in [4.78, 5) is 0. The topological polar surface area (TPSA) is 38.0 Å². The maximum Gasteiger partial charge on any atom is 0.00390 e. The van der Waals surface area contributed by atoms with Crippen LogP contribution < -0.4 is 11.1 Å². The molecule has 1 aliphatic carbocycles. The van der Waals surface area contributed by atoms with Crippen molar-refractivity contribution in [3.05, 3.63) is 0 Å². The van der Waals surface area contributed by atoms with Crippen LogP contribution in [0.3, 0.4) is 0 Å². The fourth-order valence-electron chi connectivity index (χ4n) is 2.95. The van der Waals surface area contributed by atoms with Crippen molar-refractivity contribution in [3.8, 4) is 0 Å². The van der Waals surface area contributed by atoms with Gasteiger partial charge in [-0.1, -0.05) is 40.0 Å². The molecule has 0 aliphatic heterocycles. The second-order valence-corrected chi connectivity index (χ2v) is 7.03. The van der Waals surface area contributed by atoms with Crippen LogP contribution in [0.25, 0.3) is 0 Å². The normalized spacial score (nSPS) is 25.3. The molecule has 0 aromatic heterocycles. The third-order valence-electron chi connectivity index (χ3n) is 4.39. The first-order valence-corrected chi connectivity index (χ1v) is 8.00. The maximum atomic E-state index is 5.94. The summed E-state index contributed by atoms with van der Waals surface area (Å²) in [6.07, 6.45) is 10.5. The van der Waals surface area contributed by atoms with E-state index in [1.165, 1.54) is 64.5 Å². The predicted molar refractivity (Wildman–Crippen MR) is 80.7 cm³/mol. The van der Waals surface area contributed by atoms with Crippen molar-refractivity contribution in [2.75, 3.05) is 13.1 Å². The van der Waals surface area contributed by atoms with Crippen molar-refractivity contribution >= 4 is 0 Å². The maximum absolute atomic E-state index is 5.94. The van der Waals surface area contributed by atoms with Crippen molar-refractivity contribution in [2.24, 2.45) is 17.1 Å². The van der Waals surface area contributed by atoms with Gasteiger partial charge in [0.05, 0.1) is 0 Å². The molecule has 108 valence electrons. The Hall–Kier alpha value is -0.0800. The molecule has 0 radical (unpaired) electrons. The summed E-state index contributed by atoms with van der Waals surface area (Å²) in [7, 11) is 0. The van der Waals surface area contributed by atoms with E-state index in [2.05, 4.69) is 26.1 Å². The van der Waals surface area contributed by atoms with Crippen LogP contribution in [0, 0.1) is 11.3 Å². The van der Waals surface area contributed by atoms with E-state index < -0.39 is 0 Å². The van der Waals surface area contributed by atoms with Crippen LogP contribution in [0.1, 0.15) is 72.1 Å². The zero-order chi connectivity index (χ0) is 13.4. The van der Waals surface area contributed by atoms with Gasteiger partial charge in [0.2, 0.25) is 0 Å². The fourth-order valence-corrected chi connectivity index (χ4v) is 2.95. The first kappa shape index (κ1) is 16.0. The molecule has 2 nitrogen and oxygen atoms in total. The minimum Gasteiger partial charge on any atom is -0.328 e. The van der Waals surface area contributed by atoms with Gasteiger partial charge in [0.25, 0.3) is 0 Å². The lowest BCUT2D eigenvalue weighted by atomic mass is 9.85. The van der Waals surface area contributed by atoms with Gasteiger partial charge in [-0.25, -0.2) is 0 Å². The van der Waals surface area contributed by atoms with Crippen molar-refractivity contribution in [2.45, 2.75) is 78.2 Å². The quantitative estimate of drug-likeness (QED) is 0.648. The summed E-state index contributed by atoms with van der Waals surface area (Å²) in [5, 5.41) is 3.70. The summed E-state index contributed by atoms with van der Waals surface area (Å²) < 4.78 is 0. The number of hydrogen-bond donors (Lipinski definition) is 2. The zero-order valence-electron chi connectivity index (χ0n) is 12.8. The van der Waals surface area contributed by atoms with E-state index >= 15 is 0 Å². The molecular weight excluding hydrogens is 220 g/mol. The van der Waals surface area contributed by atoms with Gasteiger partial charge in [-0.05, 0) is 50.0 Å². The first-order chi connectivity index (χ1) is 8.53. The lowest BCUT2D eigenvalue weighted by Gasteiger charge is -2.29. The summed E-state index contributed by atoms with van der Waals surface area (Å²) in [6.45, 7) is 9.43. The van der Waals surface area contributed by atoms with Crippen LogP contribution in [0.5, 0.6) is 0 Å². The minimum absolute atomic E-state index is 0.459. The SMILES string of the molecule is CCCCCC(C)(C)CNCC1CCC(N)CC1. The molecule has 1 saturated carbocycles. The molecule has 1 aliphatic rings. The Balaban J connectivity index is 2.08. The molecule has 1 fully saturated rings. The highest BCUT2D eigenvalue weighted by Gasteiger charge is 2.20. The third-order valence-corrected chi connectivity index (χ3v) is 4.39. The monoisotopic (exact) mass is 254 g/mol. The van der Waals surface area contributed by atoms with Crippen LogP contribution in [-0.4, -0.2) is 19.1 Å². The molecule has 3 N–H and O–H groups in total. The number of nitrogens with two attached hydrogens (primary N) is 1. The van der Waals surface area contributed by atoms with Gasteiger partial charge in [0.15, 0.2) is 0 Å². The highest BCUT2D eigenvalue weighted by Crippen LogP contribution is 2.25. The molecule has 0 aromatic rings. The second-order valence-electron chi connectivity index (χ2n) is 7.03. The Morgan fingerprint density at radius 2 is 1.78 bits per heavy atom. The lowest BCUT2D eigenvalue weighted by Crippen LogP contribution is -2.35. The van der Waals surface area contributed by atoms with Gasteiger partial charge in [-0.3, -0.25) is 0 Å². The molecule has 0 atom stereocenters. The highest BCUT2D eigenvalue weighted by molar-refractivity contribution is 4.77. The number of unbranched alkanes of at least 4 members (excludes halogenated alkanes) is 2. The Bertz CT molecular complexity index is 205. The fraction of sp³-hybridized carbons (Fsp3) is 1.00. The Kier molecular flexibility index (Phi) is 7.25. The van der Waals surface area contributed by atoms with E-state index in [4.69, 9.17) is 5.73 Å². The number of nitrogens with one attached hydrogen (secondary N) is 1. The minimum atomic E-state index is 0.459. The van der Waals surface area contributed by atoms with Crippen LogP contribution >= 0.6 is 0 Å². The van der Waals surface area contributed by atoms with E-state index in [9.17, 15) is 0 Å². The second kappa shape index (κ2) is 8.16. The highest BCUT2D eigenvalue weighted by atomic mass is 14.9. The third kappa shape index (κ3) is 6.75. The molecule has 0 aromatic carbocycles. The average molecular weight is 254 g/mol. The van der Waals surface area contributed by atoms with Gasteiger partial charge >= 0.3 is 0 Å². The zero-order valence-corrected chi connectivity index (χ0v) is 12.8. The molecule has 0 unspecified atom stereocenters. The molecular formula is C16H34N2. The van der Waals surface area contributed by atoms with E-state index in [0.717, 1.165) is 5.92 Å². The van der Waals surface area contributed by atoms with Crippen LogP contribution in [0.2, 0.25) is 0 Å². The first-order valence-electron chi connectivity index (χ1n) is 8.00. The van der Waals surface area contributed by atoms with Gasteiger partial charge in [0.1, 0.15) is 0 Å². The van der Waals surface area contributed by atoms with E-state index in [1.807, 2.05) is 0 Å². The number of hydrogen-bond acceptors (Lipinski definition) is 2. The van der Waals surface area contributed by atoms with Gasteiger partial charge in [-0.2, -0.15) is 0 Å². The Labute approximate surface area is 114 Å². The molecule has 0 amide bonds. The van der Waals surface area contributed by atoms with Gasteiger partial charge in [-0.15, -0.1) is 0 Å². The summed E-state index contributed by atoms with van der Waals surface area (Å²) in [6, 6.07) is 0.478. The van der Waals surface area contributed by atoms with Crippen LogP contribution in [0.4, 0.5) is 0 Å².